The number of hydrogen-bond donors (Lipinski definition) is 2. The van der Waals surface area contributed by atoms with Gasteiger partial charge in [0.2, 0.25) is 11.8 Å². The number of amides is 2. The van der Waals surface area contributed by atoms with Gasteiger partial charge in [0.15, 0.2) is 0 Å². The van der Waals surface area contributed by atoms with Crippen molar-refractivity contribution in [2.24, 2.45) is 11.8 Å². The highest BCUT2D eigenvalue weighted by atomic mass is 16.5. The molecule has 2 rings (SSSR count). The molecule has 0 bridgehead atoms. The van der Waals surface area contributed by atoms with E-state index in [4.69, 9.17) is 4.74 Å². The zero-order valence-corrected chi connectivity index (χ0v) is 14.8. The minimum absolute atomic E-state index is 0.0258. The summed E-state index contributed by atoms with van der Waals surface area (Å²) in [4.78, 5) is 24.1. The first kappa shape index (κ1) is 18.5. The van der Waals surface area contributed by atoms with Crippen LogP contribution in [0, 0.1) is 11.8 Å². The van der Waals surface area contributed by atoms with Crippen molar-refractivity contribution < 1.29 is 14.3 Å². The molecular formula is C19H28N2O3. The van der Waals surface area contributed by atoms with Gasteiger partial charge in [0, 0.05) is 13.7 Å². The van der Waals surface area contributed by atoms with Crippen LogP contribution in [0.4, 0.5) is 0 Å². The van der Waals surface area contributed by atoms with Crippen LogP contribution in [-0.2, 0) is 27.2 Å². The Morgan fingerprint density at radius 3 is 2.62 bits per heavy atom. The van der Waals surface area contributed by atoms with E-state index in [1.807, 2.05) is 13.8 Å². The van der Waals surface area contributed by atoms with Crippen LogP contribution in [0.5, 0.6) is 0 Å². The number of fused-ring (bicyclic) bond motifs is 1. The van der Waals surface area contributed by atoms with Crippen molar-refractivity contribution in [3.63, 3.8) is 0 Å². The van der Waals surface area contributed by atoms with E-state index in [-0.39, 0.29) is 24.3 Å². The van der Waals surface area contributed by atoms with Crippen LogP contribution < -0.4 is 10.6 Å². The summed E-state index contributed by atoms with van der Waals surface area (Å²) in [6.07, 6.45) is 3.15. The second-order valence-electron chi connectivity index (χ2n) is 6.84. The first-order valence-electron chi connectivity index (χ1n) is 8.64. The number of ether oxygens (including phenoxy) is 1. The van der Waals surface area contributed by atoms with E-state index in [1.54, 1.807) is 0 Å². The normalized spacial score (nSPS) is 17.9. The molecule has 0 aromatic heterocycles. The molecule has 0 saturated heterocycles. The van der Waals surface area contributed by atoms with E-state index < -0.39 is 6.04 Å². The molecule has 2 N–H and O–H groups in total. The van der Waals surface area contributed by atoms with Crippen molar-refractivity contribution in [2.45, 2.75) is 39.2 Å². The van der Waals surface area contributed by atoms with Crippen molar-refractivity contribution in [2.75, 3.05) is 20.3 Å². The fraction of sp³-hybridized carbons (Fsp3) is 0.579. The maximum Gasteiger partial charge on any atom is 0.246 e. The molecule has 5 heteroatoms. The molecule has 0 unspecified atom stereocenters. The van der Waals surface area contributed by atoms with E-state index in [1.165, 1.54) is 18.2 Å². The third-order valence-electron chi connectivity index (χ3n) is 4.55. The number of aryl methyl sites for hydroxylation is 1. The Labute approximate surface area is 144 Å². The molecule has 1 aliphatic rings. The molecule has 0 fully saturated rings. The van der Waals surface area contributed by atoms with Crippen molar-refractivity contribution in [3.8, 4) is 0 Å². The summed E-state index contributed by atoms with van der Waals surface area (Å²) >= 11 is 0. The van der Waals surface area contributed by atoms with E-state index in [2.05, 4.69) is 34.9 Å². The van der Waals surface area contributed by atoms with Gasteiger partial charge in [0.1, 0.15) is 12.6 Å². The average molecular weight is 332 g/mol. The molecule has 1 aromatic carbocycles. The fourth-order valence-corrected chi connectivity index (χ4v) is 3.18. The lowest BCUT2D eigenvalue weighted by Crippen LogP contribution is -2.51. The topological polar surface area (TPSA) is 67.4 Å². The molecule has 2 amide bonds. The molecular weight excluding hydrogens is 304 g/mol. The lowest BCUT2D eigenvalue weighted by Gasteiger charge is -2.27. The molecule has 132 valence electrons. The van der Waals surface area contributed by atoms with Crippen LogP contribution in [0.3, 0.4) is 0 Å². The number of rotatable bonds is 7. The van der Waals surface area contributed by atoms with Gasteiger partial charge in [-0.3, -0.25) is 9.59 Å². The van der Waals surface area contributed by atoms with Gasteiger partial charge in [-0.1, -0.05) is 38.1 Å². The SMILES string of the molecule is COCC(=O)N[C@H](C(=O)NC[C@H]1CCc2ccccc2C1)C(C)C. The monoisotopic (exact) mass is 332 g/mol. The lowest BCUT2D eigenvalue weighted by molar-refractivity contribution is -0.132. The summed E-state index contributed by atoms with van der Waals surface area (Å²) in [5.74, 6) is 0.0930. The summed E-state index contributed by atoms with van der Waals surface area (Å²) in [5.41, 5.74) is 2.81. The average Bonchev–Trinajstić information content (AvgIpc) is 2.57. The van der Waals surface area contributed by atoms with Gasteiger partial charge in [-0.25, -0.2) is 0 Å². The zero-order chi connectivity index (χ0) is 17.5. The van der Waals surface area contributed by atoms with Crippen LogP contribution in [0.1, 0.15) is 31.4 Å². The maximum absolute atomic E-state index is 12.4. The van der Waals surface area contributed by atoms with E-state index >= 15 is 0 Å². The van der Waals surface area contributed by atoms with Gasteiger partial charge < -0.3 is 15.4 Å². The van der Waals surface area contributed by atoms with E-state index in [9.17, 15) is 9.59 Å². The summed E-state index contributed by atoms with van der Waals surface area (Å²) in [5, 5.41) is 5.76. The van der Waals surface area contributed by atoms with Crippen LogP contribution >= 0.6 is 0 Å². The van der Waals surface area contributed by atoms with Crippen LogP contribution in [-0.4, -0.2) is 38.1 Å². The molecule has 0 aliphatic heterocycles. The first-order chi connectivity index (χ1) is 11.5. The van der Waals surface area contributed by atoms with E-state index in [0.29, 0.717) is 12.5 Å². The number of hydrogen-bond acceptors (Lipinski definition) is 3. The molecule has 1 aromatic rings. The molecule has 5 nitrogen and oxygen atoms in total. The maximum atomic E-state index is 12.4. The van der Waals surface area contributed by atoms with Crippen molar-refractivity contribution in [1.29, 1.82) is 0 Å². The summed E-state index contributed by atoms with van der Waals surface area (Å²) in [6.45, 7) is 4.47. The highest BCUT2D eigenvalue weighted by Crippen LogP contribution is 2.24. The van der Waals surface area contributed by atoms with Crippen LogP contribution in [0.15, 0.2) is 24.3 Å². The molecule has 0 heterocycles. The molecule has 24 heavy (non-hydrogen) atoms. The Balaban J connectivity index is 1.86. The third kappa shape index (κ3) is 5.06. The Hall–Kier alpha value is -1.88. The fourth-order valence-electron chi connectivity index (χ4n) is 3.18. The van der Waals surface area contributed by atoms with Gasteiger partial charge in [-0.2, -0.15) is 0 Å². The van der Waals surface area contributed by atoms with E-state index in [0.717, 1.165) is 19.3 Å². The highest BCUT2D eigenvalue weighted by molar-refractivity contribution is 5.88. The van der Waals surface area contributed by atoms with Crippen LogP contribution in [0.2, 0.25) is 0 Å². The molecule has 0 saturated carbocycles. The summed E-state index contributed by atoms with van der Waals surface area (Å²) in [7, 11) is 1.46. The number of carbonyl (C=O) groups is 2. The van der Waals surface area contributed by atoms with Gasteiger partial charge >= 0.3 is 0 Å². The Morgan fingerprint density at radius 2 is 1.96 bits per heavy atom. The second kappa shape index (κ2) is 8.83. The Kier molecular flexibility index (Phi) is 6.79. The third-order valence-corrected chi connectivity index (χ3v) is 4.55. The number of benzene rings is 1. The molecule has 1 aliphatic carbocycles. The van der Waals surface area contributed by atoms with Crippen molar-refractivity contribution in [3.05, 3.63) is 35.4 Å². The van der Waals surface area contributed by atoms with Crippen molar-refractivity contribution in [1.82, 2.24) is 10.6 Å². The largest absolute Gasteiger partial charge is 0.375 e. The van der Waals surface area contributed by atoms with Gasteiger partial charge in [-0.05, 0) is 42.2 Å². The zero-order valence-electron chi connectivity index (χ0n) is 14.8. The molecule has 0 radical (unpaired) electrons. The summed E-state index contributed by atoms with van der Waals surface area (Å²) in [6, 6.07) is 7.98. The predicted octanol–water partition coefficient (Wildman–Crippen LogP) is 1.69. The quantitative estimate of drug-likeness (QED) is 0.798. The molecule has 2 atom stereocenters. The van der Waals surface area contributed by atoms with Gasteiger partial charge in [0.05, 0.1) is 0 Å². The number of carbonyl (C=O) groups excluding carboxylic acids is 2. The predicted molar refractivity (Wildman–Crippen MR) is 93.6 cm³/mol. The summed E-state index contributed by atoms with van der Waals surface area (Å²) < 4.78 is 4.81. The number of nitrogens with one attached hydrogen (secondary N) is 2. The van der Waals surface area contributed by atoms with Gasteiger partial charge in [-0.15, -0.1) is 0 Å². The first-order valence-corrected chi connectivity index (χ1v) is 8.64. The Morgan fingerprint density at radius 1 is 1.25 bits per heavy atom. The Bertz CT molecular complexity index is 571. The van der Waals surface area contributed by atoms with Crippen molar-refractivity contribution >= 4 is 11.8 Å². The number of methoxy groups -OCH3 is 1. The second-order valence-corrected chi connectivity index (χ2v) is 6.84. The highest BCUT2D eigenvalue weighted by Gasteiger charge is 2.25. The minimum Gasteiger partial charge on any atom is -0.375 e. The van der Waals surface area contributed by atoms with Crippen LogP contribution in [0.25, 0.3) is 0 Å². The smallest absolute Gasteiger partial charge is 0.246 e. The standard InChI is InChI=1S/C19H28N2O3/c1-13(2)18(21-17(22)12-24-3)19(23)20-11-14-8-9-15-6-4-5-7-16(15)10-14/h4-7,13-14,18H,8-12H2,1-3H3,(H,20,23)(H,21,22)/t14-,18-/m0/s1. The molecule has 0 spiro atoms. The van der Waals surface area contributed by atoms with Gasteiger partial charge in [0.25, 0.3) is 0 Å². The lowest BCUT2D eigenvalue weighted by atomic mass is 9.84. The minimum atomic E-state index is -0.525.